The Bertz CT molecular complexity index is 915. The molecule has 1 heterocycles. The Kier molecular flexibility index (Phi) is 6.03. The topological polar surface area (TPSA) is 54.5 Å². The Morgan fingerprint density at radius 1 is 1.30 bits per heavy atom. The highest BCUT2D eigenvalue weighted by molar-refractivity contribution is 7.07. The fraction of sp³-hybridized carbons (Fsp3) is 0.200. The van der Waals surface area contributed by atoms with Gasteiger partial charge in [-0.2, -0.15) is 0 Å². The van der Waals surface area contributed by atoms with Gasteiger partial charge in [-0.05, 0) is 36.2 Å². The molecule has 0 spiro atoms. The van der Waals surface area contributed by atoms with Crippen LogP contribution in [0.25, 0.3) is 0 Å². The van der Waals surface area contributed by atoms with Crippen LogP contribution in [0.1, 0.15) is 16.8 Å². The van der Waals surface area contributed by atoms with Crippen LogP contribution < -0.4 is 10.1 Å². The molecule has 0 radical (unpaired) electrons. The first-order chi connectivity index (χ1) is 13.0. The minimum absolute atomic E-state index is 0.272. The zero-order chi connectivity index (χ0) is 19.2. The molecule has 0 bridgehead atoms. The van der Waals surface area contributed by atoms with Gasteiger partial charge in [0, 0.05) is 30.7 Å². The number of halogens is 1. The molecule has 27 heavy (non-hydrogen) atoms. The Labute approximate surface area is 161 Å². The minimum atomic E-state index is -0.285. The normalized spacial score (nSPS) is 10.5. The molecule has 0 fully saturated rings. The molecule has 3 rings (SSSR count). The van der Waals surface area contributed by atoms with Gasteiger partial charge in [-0.3, -0.25) is 0 Å². The maximum absolute atomic E-state index is 13.7. The second kappa shape index (κ2) is 8.64. The number of carbonyl (C=O) groups excluding carboxylic acids is 1. The standard InChI is InChI=1S/C20H20FN3O2S/c1-14-6-7-15(8-19(14)21)10-24(2)20(25)23-16-4-3-5-18(9-16)26-11-17-12-27-13-22-17/h3-9,12-13H,10-11H2,1-2H3,(H,23,25). The number of carbonyl (C=O) groups is 1. The highest BCUT2D eigenvalue weighted by Gasteiger charge is 2.11. The molecule has 7 heteroatoms. The summed E-state index contributed by atoms with van der Waals surface area (Å²) < 4.78 is 19.4. The third-order valence-corrected chi connectivity index (χ3v) is 4.59. The number of hydrogen-bond acceptors (Lipinski definition) is 4. The van der Waals surface area contributed by atoms with Crippen molar-refractivity contribution in [1.82, 2.24) is 9.88 Å². The molecule has 0 aliphatic carbocycles. The highest BCUT2D eigenvalue weighted by Crippen LogP contribution is 2.19. The molecule has 0 aliphatic rings. The number of hydrogen-bond donors (Lipinski definition) is 1. The number of nitrogens with one attached hydrogen (secondary N) is 1. The van der Waals surface area contributed by atoms with Crippen LogP contribution in [0.4, 0.5) is 14.9 Å². The van der Waals surface area contributed by atoms with Crippen LogP contribution in [0.15, 0.2) is 53.4 Å². The van der Waals surface area contributed by atoms with Crippen LogP contribution in [-0.4, -0.2) is 23.0 Å². The van der Waals surface area contributed by atoms with Crippen molar-refractivity contribution in [1.29, 1.82) is 0 Å². The van der Waals surface area contributed by atoms with Crippen molar-refractivity contribution in [2.75, 3.05) is 12.4 Å². The lowest BCUT2D eigenvalue weighted by Gasteiger charge is -2.18. The fourth-order valence-electron chi connectivity index (χ4n) is 2.43. The first-order valence-corrected chi connectivity index (χ1v) is 9.32. The molecule has 140 valence electrons. The zero-order valence-corrected chi connectivity index (χ0v) is 15.9. The smallest absolute Gasteiger partial charge is 0.321 e. The number of aromatic nitrogens is 1. The quantitative estimate of drug-likeness (QED) is 0.661. The average molecular weight is 385 g/mol. The molecule has 0 saturated heterocycles. The molecular formula is C20H20FN3O2S. The van der Waals surface area contributed by atoms with E-state index in [0.717, 1.165) is 11.3 Å². The summed E-state index contributed by atoms with van der Waals surface area (Å²) in [4.78, 5) is 18.1. The number of aryl methyl sites for hydroxylation is 1. The number of anilines is 1. The number of ether oxygens (including phenoxy) is 1. The van der Waals surface area contributed by atoms with Crippen molar-refractivity contribution >= 4 is 23.1 Å². The Balaban J connectivity index is 1.57. The van der Waals surface area contributed by atoms with Crippen molar-refractivity contribution in [2.45, 2.75) is 20.1 Å². The van der Waals surface area contributed by atoms with Gasteiger partial charge in [0.25, 0.3) is 0 Å². The summed E-state index contributed by atoms with van der Waals surface area (Å²) in [6, 6.07) is 11.9. The second-order valence-electron chi connectivity index (χ2n) is 6.17. The van der Waals surface area contributed by atoms with Gasteiger partial charge in [0.05, 0.1) is 11.2 Å². The summed E-state index contributed by atoms with van der Waals surface area (Å²) in [7, 11) is 1.66. The average Bonchev–Trinajstić information content (AvgIpc) is 3.17. The number of amides is 2. The summed E-state index contributed by atoms with van der Waals surface area (Å²) in [5.41, 5.74) is 4.55. The molecule has 5 nitrogen and oxygen atoms in total. The number of rotatable bonds is 6. The van der Waals surface area contributed by atoms with Crippen LogP contribution >= 0.6 is 11.3 Å². The molecule has 2 amide bonds. The van der Waals surface area contributed by atoms with E-state index in [0.29, 0.717) is 30.2 Å². The van der Waals surface area contributed by atoms with Gasteiger partial charge in [0.15, 0.2) is 0 Å². The molecule has 0 aliphatic heterocycles. The van der Waals surface area contributed by atoms with Crippen LogP contribution in [0.5, 0.6) is 5.75 Å². The van der Waals surface area contributed by atoms with Gasteiger partial charge in [-0.1, -0.05) is 18.2 Å². The Hall–Kier alpha value is -2.93. The molecule has 0 atom stereocenters. The van der Waals surface area contributed by atoms with E-state index >= 15 is 0 Å². The molecule has 0 saturated carbocycles. The predicted octanol–water partition coefficient (Wildman–Crippen LogP) is 4.83. The van der Waals surface area contributed by atoms with E-state index in [4.69, 9.17) is 4.74 Å². The molecule has 2 aromatic carbocycles. The number of benzene rings is 2. The lowest BCUT2D eigenvalue weighted by Crippen LogP contribution is -2.30. The van der Waals surface area contributed by atoms with Gasteiger partial charge >= 0.3 is 6.03 Å². The van der Waals surface area contributed by atoms with Crippen LogP contribution in [-0.2, 0) is 13.2 Å². The van der Waals surface area contributed by atoms with Crippen molar-refractivity contribution in [3.63, 3.8) is 0 Å². The monoisotopic (exact) mass is 385 g/mol. The van der Waals surface area contributed by atoms with Crippen molar-refractivity contribution in [3.8, 4) is 5.75 Å². The molecule has 0 unspecified atom stereocenters. The van der Waals surface area contributed by atoms with E-state index in [1.165, 1.54) is 22.3 Å². The Morgan fingerprint density at radius 2 is 2.15 bits per heavy atom. The van der Waals surface area contributed by atoms with Crippen LogP contribution in [0, 0.1) is 12.7 Å². The lowest BCUT2D eigenvalue weighted by molar-refractivity contribution is 0.220. The van der Waals surface area contributed by atoms with E-state index in [-0.39, 0.29) is 11.8 Å². The Morgan fingerprint density at radius 3 is 2.89 bits per heavy atom. The number of nitrogens with zero attached hydrogens (tertiary/aromatic N) is 2. The third kappa shape index (κ3) is 5.27. The van der Waals surface area contributed by atoms with Crippen molar-refractivity contribution in [2.24, 2.45) is 0 Å². The first kappa shape index (κ1) is 18.8. The van der Waals surface area contributed by atoms with Gasteiger partial charge in [-0.25, -0.2) is 14.2 Å². The van der Waals surface area contributed by atoms with Crippen LogP contribution in [0.3, 0.4) is 0 Å². The van der Waals surface area contributed by atoms with E-state index in [1.807, 2.05) is 17.5 Å². The number of thiazole rings is 1. The van der Waals surface area contributed by atoms with Gasteiger partial charge in [0.1, 0.15) is 18.2 Å². The van der Waals surface area contributed by atoms with E-state index in [1.54, 1.807) is 43.7 Å². The van der Waals surface area contributed by atoms with Gasteiger partial charge < -0.3 is 15.0 Å². The number of urea groups is 1. The molecule has 3 aromatic rings. The maximum atomic E-state index is 13.7. The second-order valence-corrected chi connectivity index (χ2v) is 6.88. The maximum Gasteiger partial charge on any atom is 0.321 e. The summed E-state index contributed by atoms with van der Waals surface area (Å²) in [6.07, 6.45) is 0. The summed E-state index contributed by atoms with van der Waals surface area (Å²) in [5.74, 6) is 0.371. The summed E-state index contributed by atoms with van der Waals surface area (Å²) in [6.45, 7) is 2.39. The van der Waals surface area contributed by atoms with Crippen molar-refractivity contribution in [3.05, 3.63) is 76.0 Å². The van der Waals surface area contributed by atoms with E-state index in [9.17, 15) is 9.18 Å². The predicted molar refractivity (Wildman–Crippen MR) is 105 cm³/mol. The van der Waals surface area contributed by atoms with Crippen molar-refractivity contribution < 1.29 is 13.9 Å². The van der Waals surface area contributed by atoms with Gasteiger partial charge in [-0.15, -0.1) is 11.3 Å². The lowest BCUT2D eigenvalue weighted by atomic mass is 10.1. The molecule has 1 aromatic heterocycles. The minimum Gasteiger partial charge on any atom is -0.487 e. The van der Waals surface area contributed by atoms with E-state index in [2.05, 4.69) is 10.3 Å². The fourth-order valence-corrected chi connectivity index (χ4v) is 2.97. The molecule has 1 N–H and O–H groups in total. The van der Waals surface area contributed by atoms with E-state index < -0.39 is 0 Å². The first-order valence-electron chi connectivity index (χ1n) is 8.38. The molecular weight excluding hydrogens is 365 g/mol. The largest absolute Gasteiger partial charge is 0.487 e. The SMILES string of the molecule is Cc1ccc(CN(C)C(=O)Nc2cccc(OCc3cscn3)c2)cc1F. The summed E-state index contributed by atoms with van der Waals surface area (Å²) >= 11 is 1.51. The third-order valence-electron chi connectivity index (χ3n) is 3.96. The van der Waals surface area contributed by atoms with Gasteiger partial charge in [0.2, 0.25) is 0 Å². The zero-order valence-electron chi connectivity index (χ0n) is 15.1. The van der Waals surface area contributed by atoms with Crippen LogP contribution in [0.2, 0.25) is 0 Å². The highest BCUT2D eigenvalue weighted by atomic mass is 32.1. The summed E-state index contributed by atoms with van der Waals surface area (Å²) in [5, 5.41) is 4.75.